The quantitative estimate of drug-likeness (QED) is 0.421. The topological polar surface area (TPSA) is 47.9 Å². The molecule has 0 spiro atoms. The molecular weight excluding hydrogens is 556 g/mol. The fourth-order valence-electron chi connectivity index (χ4n) is 1.54. The van der Waals surface area contributed by atoms with E-state index in [2.05, 4.69) is 46.1 Å². The van der Waals surface area contributed by atoms with Crippen LogP contribution in [0.4, 0.5) is 35.1 Å². The highest BCUT2D eigenvalue weighted by molar-refractivity contribution is 9.10. The zero-order valence-electron chi connectivity index (χ0n) is 16.3. The number of rotatable bonds is 3. The van der Waals surface area contributed by atoms with E-state index in [-0.39, 0.29) is 8.95 Å². The average molecular weight is 567 g/mol. The van der Waals surface area contributed by atoms with Crippen LogP contribution in [0.3, 0.4) is 0 Å². The Morgan fingerprint density at radius 3 is 1.72 bits per heavy atom. The second-order valence-electron chi connectivity index (χ2n) is 4.59. The van der Waals surface area contributed by atoms with E-state index in [9.17, 15) is 35.1 Å². The number of phenols is 1. The van der Waals surface area contributed by atoms with Crippen molar-refractivity contribution in [1.82, 2.24) is 0 Å². The van der Waals surface area contributed by atoms with Gasteiger partial charge < -0.3 is 19.3 Å². The number of aromatic hydroxyl groups is 1. The summed E-state index contributed by atoms with van der Waals surface area (Å²) in [5, 5.41) is 8.91. The van der Waals surface area contributed by atoms with Gasteiger partial charge in [0, 0.05) is 0 Å². The largest absolute Gasteiger partial charge is 0.573 e. The molecule has 0 fully saturated rings. The molecular formula is C15H8Br2F8O4. The first-order valence-electron chi connectivity index (χ1n) is 8.16. The summed E-state index contributed by atoms with van der Waals surface area (Å²) >= 11 is 5.49. The molecule has 0 aliphatic carbocycles. The first kappa shape index (κ1) is 20.3. The SMILES string of the molecule is Oc1c(Br)ccc(OC(F)(F)F)c1F.[2H]C([2H])([2H])Oc1c(Br)ccc(OC(F)(F)F)c1F. The molecule has 1 N–H and O–H groups in total. The molecule has 162 valence electrons. The van der Waals surface area contributed by atoms with Gasteiger partial charge >= 0.3 is 12.7 Å². The molecule has 0 aliphatic heterocycles. The van der Waals surface area contributed by atoms with Gasteiger partial charge in [-0.3, -0.25) is 0 Å². The molecule has 4 nitrogen and oxygen atoms in total. The van der Waals surface area contributed by atoms with Gasteiger partial charge in [0.25, 0.3) is 0 Å². The molecule has 29 heavy (non-hydrogen) atoms. The van der Waals surface area contributed by atoms with E-state index in [1.165, 1.54) is 0 Å². The summed E-state index contributed by atoms with van der Waals surface area (Å²) < 4.78 is 128. The monoisotopic (exact) mass is 565 g/mol. The van der Waals surface area contributed by atoms with Gasteiger partial charge in [-0.25, -0.2) is 0 Å². The predicted octanol–water partition coefficient (Wildman–Crippen LogP) is 6.69. The molecule has 0 radical (unpaired) electrons. The van der Waals surface area contributed by atoms with Gasteiger partial charge in [-0.15, -0.1) is 26.3 Å². The molecule has 0 aromatic heterocycles. The molecule has 0 saturated heterocycles. The molecule has 14 heteroatoms. The molecule has 2 aromatic rings. The maximum atomic E-state index is 13.6. The standard InChI is InChI=1S/C8H5BrF4O2.C7H3BrF4O2/c1-14-7-4(9)2-3-5(6(7)10)15-8(11,12)13;8-3-1-2-4(5(9)6(3)13)14-7(10,11)12/h2-3H,1H3;1-2,13H/i1D3;. The summed E-state index contributed by atoms with van der Waals surface area (Å²) in [6.07, 6.45) is -10.1. The lowest BCUT2D eigenvalue weighted by Crippen LogP contribution is -2.18. The van der Waals surface area contributed by atoms with Crippen LogP contribution in [0, 0.1) is 11.6 Å². The number of hydrogen-bond acceptors (Lipinski definition) is 4. The summed E-state index contributed by atoms with van der Waals surface area (Å²) in [4.78, 5) is 0. The highest BCUT2D eigenvalue weighted by Crippen LogP contribution is 2.36. The molecule has 0 atom stereocenters. The number of phenolic OH excluding ortho intramolecular Hbond substituents is 1. The van der Waals surface area contributed by atoms with Crippen LogP contribution in [0.15, 0.2) is 33.2 Å². The second-order valence-corrected chi connectivity index (χ2v) is 6.30. The number of halogens is 10. The summed E-state index contributed by atoms with van der Waals surface area (Å²) in [5.74, 6) is -7.07. The zero-order chi connectivity index (χ0) is 25.1. The smallest absolute Gasteiger partial charge is 0.504 e. The minimum Gasteiger partial charge on any atom is -0.504 e. The van der Waals surface area contributed by atoms with Crippen LogP contribution >= 0.6 is 31.9 Å². The predicted molar refractivity (Wildman–Crippen MR) is 89.8 cm³/mol. The van der Waals surface area contributed by atoms with Crippen LogP contribution in [0.25, 0.3) is 0 Å². The van der Waals surface area contributed by atoms with Crippen molar-refractivity contribution in [1.29, 1.82) is 0 Å². The number of ether oxygens (including phenoxy) is 3. The fraction of sp³-hybridized carbons (Fsp3) is 0.200. The van der Waals surface area contributed by atoms with Crippen molar-refractivity contribution in [3.8, 4) is 23.0 Å². The second kappa shape index (κ2) is 9.69. The van der Waals surface area contributed by atoms with Gasteiger partial charge in [-0.2, -0.15) is 8.78 Å². The number of benzene rings is 2. The first-order chi connectivity index (χ1) is 14.3. The number of alkyl halides is 6. The maximum Gasteiger partial charge on any atom is 0.573 e. The summed E-state index contributed by atoms with van der Waals surface area (Å²) in [6.45, 7) is 0. The van der Waals surface area contributed by atoms with Gasteiger partial charge in [-0.05, 0) is 56.1 Å². The lowest BCUT2D eigenvalue weighted by atomic mass is 10.3. The Bertz CT molecular complexity index is 952. The molecule has 2 aromatic carbocycles. The third-order valence-electron chi connectivity index (χ3n) is 2.60. The van der Waals surface area contributed by atoms with Crippen LogP contribution < -0.4 is 14.2 Å². The van der Waals surface area contributed by atoms with E-state index in [1.54, 1.807) is 0 Å². The molecule has 0 aliphatic rings. The molecule has 0 saturated carbocycles. The van der Waals surface area contributed by atoms with E-state index in [0.29, 0.717) is 6.07 Å². The van der Waals surface area contributed by atoms with E-state index < -0.39 is 54.4 Å². The van der Waals surface area contributed by atoms with Gasteiger partial charge in [0.2, 0.25) is 11.6 Å². The van der Waals surface area contributed by atoms with Crippen molar-refractivity contribution in [2.75, 3.05) is 7.04 Å². The van der Waals surface area contributed by atoms with Crippen LogP contribution in [-0.2, 0) is 0 Å². The maximum absolute atomic E-state index is 13.6. The van der Waals surface area contributed by atoms with Crippen molar-refractivity contribution < 1.29 is 58.6 Å². The molecule has 0 unspecified atom stereocenters. The lowest BCUT2D eigenvalue weighted by molar-refractivity contribution is -0.276. The van der Waals surface area contributed by atoms with Crippen LogP contribution in [0.1, 0.15) is 4.11 Å². The minimum atomic E-state index is -5.09. The lowest BCUT2D eigenvalue weighted by Gasteiger charge is -2.12. The van der Waals surface area contributed by atoms with E-state index in [0.717, 1.165) is 18.2 Å². The fourth-order valence-corrected chi connectivity index (χ4v) is 2.23. The Morgan fingerprint density at radius 1 is 0.828 bits per heavy atom. The van der Waals surface area contributed by atoms with Crippen molar-refractivity contribution in [3.05, 3.63) is 44.8 Å². The minimum absolute atomic E-state index is 0.0514. The summed E-state index contributed by atoms with van der Waals surface area (Å²) in [5.41, 5.74) is 0. The third kappa shape index (κ3) is 7.76. The average Bonchev–Trinajstić information content (AvgIpc) is 2.59. The normalized spacial score (nSPS) is 13.4. The van der Waals surface area contributed by atoms with Crippen molar-refractivity contribution in [2.45, 2.75) is 12.7 Å². The van der Waals surface area contributed by atoms with Gasteiger partial charge in [0.15, 0.2) is 23.0 Å². The first-order valence-corrected chi connectivity index (χ1v) is 8.25. The van der Waals surface area contributed by atoms with Crippen LogP contribution in [0.5, 0.6) is 23.0 Å². The Hall–Kier alpha value is -1.96. The van der Waals surface area contributed by atoms with E-state index in [1.807, 2.05) is 0 Å². The molecule has 0 heterocycles. The van der Waals surface area contributed by atoms with Crippen molar-refractivity contribution >= 4 is 31.9 Å². The number of hydrogen-bond donors (Lipinski definition) is 1. The Balaban J connectivity index is 0.000000330. The molecule has 0 amide bonds. The Kier molecular flexibility index (Phi) is 6.79. The zero-order valence-corrected chi connectivity index (χ0v) is 16.4. The van der Waals surface area contributed by atoms with Crippen molar-refractivity contribution in [2.24, 2.45) is 0 Å². The van der Waals surface area contributed by atoms with Crippen LogP contribution in [0.2, 0.25) is 0 Å². The summed E-state index contributed by atoms with van der Waals surface area (Å²) in [7, 11) is -3.00. The Morgan fingerprint density at radius 2 is 1.28 bits per heavy atom. The van der Waals surface area contributed by atoms with Crippen LogP contribution in [-0.4, -0.2) is 24.9 Å². The number of methoxy groups -OCH3 is 1. The van der Waals surface area contributed by atoms with Gasteiger partial charge in [-0.1, -0.05) is 0 Å². The Labute approximate surface area is 178 Å². The van der Waals surface area contributed by atoms with Gasteiger partial charge in [0.05, 0.1) is 20.1 Å². The third-order valence-corrected chi connectivity index (χ3v) is 3.86. The van der Waals surface area contributed by atoms with Crippen molar-refractivity contribution in [3.63, 3.8) is 0 Å². The van der Waals surface area contributed by atoms with Gasteiger partial charge in [0.1, 0.15) is 0 Å². The summed E-state index contributed by atoms with van der Waals surface area (Å²) in [6, 6.07) is 3.47. The molecule has 0 bridgehead atoms. The van der Waals surface area contributed by atoms with E-state index >= 15 is 0 Å². The highest BCUT2D eigenvalue weighted by atomic mass is 79.9. The van der Waals surface area contributed by atoms with E-state index in [4.69, 9.17) is 9.22 Å². The molecule has 2 rings (SSSR count). The highest BCUT2D eigenvalue weighted by Gasteiger charge is 2.34.